The molecule has 2 aromatic carbocycles. The van der Waals surface area contributed by atoms with Crippen LogP contribution in [-0.4, -0.2) is 35.4 Å². The number of amides is 2. The standard InChI is InChI=1S/C25H33BrN2O3/c1-7-22(25(30)27-16(2)3)28(14-20-10-8-17(4)9-11-20)23(29)15-31-21-12-18(5)24(26)19(6)13-21/h8-13,16,22H,7,14-15H2,1-6H3,(H,27,30)/t22-/m0/s1. The molecular weight excluding hydrogens is 456 g/mol. The molecule has 31 heavy (non-hydrogen) atoms. The summed E-state index contributed by atoms with van der Waals surface area (Å²) in [6, 6.07) is 11.2. The molecule has 0 radical (unpaired) electrons. The lowest BCUT2D eigenvalue weighted by molar-refractivity contribution is -0.143. The van der Waals surface area contributed by atoms with Crippen LogP contribution in [0.4, 0.5) is 0 Å². The fraction of sp³-hybridized carbons (Fsp3) is 0.440. The highest BCUT2D eigenvalue weighted by Gasteiger charge is 2.29. The molecule has 0 saturated heterocycles. The lowest BCUT2D eigenvalue weighted by atomic mass is 10.1. The van der Waals surface area contributed by atoms with E-state index >= 15 is 0 Å². The summed E-state index contributed by atoms with van der Waals surface area (Å²) in [5.41, 5.74) is 4.21. The first-order valence-electron chi connectivity index (χ1n) is 10.7. The Morgan fingerprint density at radius 2 is 1.65 bits per heavy atom. The van der Waals surface area contributed by atoms with Gasteiger partial charge in [0.25, 0.3) is 5.91 Å². The number of aryl methyl sites for hydroxylation is 3. The predicted octanol–water partition coefficient (Wildman–Crippen LogP) is 5.09. The number of hydrogen-bond donors (Lipinski definition) is 1. The van der Waals surface area contributed by atoms with E-state index in [1.807, 2.05) is 77.9 Å². The van der Waals surface area contributed by atoms with Crippen LogP contribution in [-0.2, 0) is 16.1 Å². The number of benzene rings is 2. The Labute approximate surface area is 194 Å². The number of carbonyl (C=O) groups excluding carboxylic acids is 2. The van der Waals surface area contributed by atoms with Gasteiger partial charge in [0.05, 0.1) is 0 Å². The van der Waals surface area contributed by atoms with E-state index in [2.05, 4.69) is 21.2 Å². The van der Waals surface area contributed by atoms with Crippen LogP contribution in [0.2, 0.25) is 0 Å². The van der Waals surface area contributed by atoms with Crippen molar-refractivity contribution in [3.8, 4) is 5.75 Å². The third kappa shape index (κ3) is 7.10. The van der Waals surface area contributed by atoms with Gasteiger partial charge in [0.2, 0.25) is 5.91 Å². The molecule has 0 saturated carbocycles. The summed E-state index contributed by atoms with van der Waals surface area (Å²) in [5.74, 6) is 0.277. The van der Waals surface area contributed by atoms with Gasteiger partial charge in [0.1, 0.15) is 11.8 Å². The van der Waals surface area contributed by atoms with Gasteiger partial charge in [0.15, 0.2) is 6.61 Å². The van der Waals surface area contributed by atoms with Crippen LogP contribution in [0.25, 0.3) is 0 Å². The lowest BCUT2D eigenvalue weighted by Gasteiger charge is -2.31. The van der Waals surface area contributed by atoms with Crippen LogP contribution < -0.4 is 10.1 Å². The van der Waals surface area contributed by atoms with Gasteiger partial charge in [-0.05, 0) is 69.9 Å². The summed E-state index contributed by atoms with van der Waals surface area (Å²) in [7, 11) is 0. The van der Waals surface area contributed by atoms with E-state index < -0.39 is 6.04 Å². The third-order valence-electron chi connectivity index (χ3n) is 5.06. The largest absolute Gasteiger partial charge is 0.484 e. The molecule has 2 amide bonds. The Kier molecular flexibility index (Phi) is 9.11. The molecule has 168 valence electrons. The van der Waals surface area contributed by atoms with Crippen molar-refractivity contribution in [3.63, 3.8) is 0 Å². The molecule has 2 rings (SSSR count). The van der Waals surface area contributed by atoms with E-state index in [1.54, 1.807) is 4.90 Å². The molecule has 0 bridgehead atoms. The smallest absolute Gasteiger partial charge is 0.261 e. The number of ether oxygens (including phenoxy) is 1. The summed E-state index contributed by atoms with van der Waals surface area (Å²) in [6.07, 6.45) is 0.520. The van der Waals surface area contributed by atoms with Crippen molar-refractivity contribution in [1.29, 1.82) is 0 Å². The topological polar surface area (TPSA) is 58.6 Å². The van der Waals surface area contributed by atoms with Crippen molar-refractivity contribution in [3.05, 3.63) is 63.1 Å². The van der Waals surface area contributed by atoms with E-state index in [9.17, 15) is 9.59 Å². The van der Waals surface area contributed by atoms with Gasteiger partial charge in [-0.25, -0.2) is 0 Å². The first-order valence-corrected chi connectivity index (χ1v) is 11.5. The van der Waals surface area contributed by atoms with E-state index in [-0.39, 0.29) is 24.5 Å². The summed E-state index contributed by atoms with van der Waals surface area (Å²) in [6.45, 7) is 12.0. The van der Waals surface area contributed by atoms with Crippen molar-refractivity contribution in [1.82, 2.24) is 10.2 Å². The summed E-state index contributed by atoms with van der Waals surface area (Å²) >= 11 is 3.55. The van der Waals surface area contributed by atoms with Crippen LogP contribution in [0.5, 0.6) is 5.75 Å². The second kappa shape index (κ2) is 11.3. The highest BCUT2D eigenvalue weighted by atomic mass is 79.9. The molecule has 0 unspecified atom stereocenters. The summed E-state index contributed by atoms with van der Waals surface area (Å²) in [4.78, 5) is 27.7. The Bertz CT molecular complexity index is 886. The molecule has 0 aliphatic rings. The van der Waals surface area contributed by atoms with Crippen LogP contribution in [0.15, 0.2) is 40.9 Å². The highest BCUT2D eigenvalue weighted by Crippen LogP contribution is 2.26. The zero-order valence-corrected chi connectivity index (χ0v) is 20.9. The average Bonchev–Trinajstić information content (AvgIpc) is 2.70. The lowest BCUT2D eigenvalue weighted by Crippen LogP contribution is -2.51. The normalized spacial score (nSPS) is 11.9. The van der Waals surface area contributed by atoms with Gasteiger partial charge < -0.3 is 15.0 Å². The maximum atomic E-state index is 13.2. The number of rotatable bonds is 9. The quantitative estimate of drug-likeness (QED) is 0.534. The minimum absolute atomic E-state index is 0.00263. The van der Waals surface area contributed by atoms with Crippen LogP contribution >= 0.6 is 15.9 Å². The SMILES string of the molecule is CC[C@@H](C(=O)NC(C)C)N(Cc1ccc(C)cc1)C(=O)COc1cc(C)c(Br)c(C)c1. The van der Waals surface area contributed by atoms with Crippen molar-refractivity contribution in [2.24, 2.45) is 0 Å². The molecule has 6 heteroatoms. The first kappa shape index (κ1) is 24.9. The first-order chi connectivity index (χ1) is 14.6. The fourth-order valence-corrected chi connectivity index (χ4v) is 3.64. The number of nitrogens with one attached hydrogen (secondary N) is 1. The van der Waals surface area contributed by atoms with Gasteiger partial charge >= 0.3 is 0 Å². The Hall–Kier alpha value is -2.34. The average molecular weight is 489 g/mol. The number of halogens is 1. The zero-order chi connectivity index (χ0) is 23.1. The van der Waals surface area contributed by atoms with E-state index in [0.717, 1.165) is 26.7 Å². The Balaban J connectivity index is 2.23. The minimum Gasteiger partial charge on any atom is -0.484 e. The third-order valence-corrected chi connectivity index (χ3v) is 6.31. The van der Waals surface area contributed by atoms with Crippen molar-refractivity contribution >= 4 is 27.7 Å². The second-order valence-corrected chi connectivity index (χ2v) is 9.05. The number of hydrogen-bond acceptors (Lipinski definition) is 3. The van der Waals surface area contributed by atoms with Gasteiger partial charge in [-0.1, -0.05) is 52.7 Å². The molecular formula is C25H33BrN2O3. The van der Waals surface area contributed by atoms with Crippen molar-refractivity contribution in [2.45, 2.75) is 66.6 Å². The van der Waals surface area contributed by atoms with Crippen molar-refractivity contribution in [2.75, 3.05) is 6.61 Å². The fourth-order valence-electron chi connectivity index (χ4n) is 3.41. The molecule has 2 aromatic rings. The van der Waals surface area contributed by atoms with Crippen molar-refractivity contribution < 1.29 is 14.3 Å². The Morgan fingerprint density at radius 1 is 1.06 bits per heavy atom. The molecule has 1 N–H and O–H groups in total. The van der Waals surface area contributed by atoms with Crippen LogP contribution in [0.3, 0.4) is 0 Å². The Morgan fingerprint density at radius 3 is 2.16 bits per heavy atom. The van der Waals surface area contributed by atoms with E-state index in [4.69, 9.17) is 4.74 Å². The zero-order valence-electron chi connectivity index (χ0n) is 19.3. The molecule has 5 nitrogen and oxygen atoms in total. The monoisotopic (exact) mass is 488 g/mol. The molecule has 0 aliphatic heterocycles. The van der Waals surface area contributed by atoms with Gasteiger partial charge in [-0.3, -0.25) is 9.59 Å². The van der Waals surface area contributed by atoms with E-state index in [1.165, 1.54) is 0 Å². The summed E-state index contributed by atoms with van der Waals surface area (Å²) < 4.78 is 6.87. The minimum atomic E-state index is -0.562. The van der Waals surface area contributed by atoms with E-state index in [0.29, 0.717) is 18.7 Å². The van der Waals surface area contributed by atoms with Gasteiger partial charge in [-0.2, -0.15) is 0 Å². The van der Waals surface area contributed by atoms with Crippen LogP contribution in [0.1, 0.15) is 49.4 Å². The molecule has 0 aromatic heterocycles. The maximum Gasteiger partial charge on any atom is 0.261 e. The summed E-state index contributed by atoms with van der Waals surface area (Å²) in [5, 5.41) is 2.94. The highest BCUT2D eigenvalue weighted by molar-refractivity contribution is 9.10. The molecule has 0 fully saturated rings. The number of nitrogens with zero attached hydrogens (tertiary/aromatic N) is 1. The van der Waals surface area contributed by atoms with Crippen LogP contribution in [0, 0.1) is 20.8 Å². The maximum absolute atomic E-state index is 13.2. The predicted molar refractivity (Wildman–Crippen MR) is 128 cm³/mol. The molecule has 1 atom stereocenters. The molecule has 0 spiro atoms. The van der Waals surface area contributed by atoms with Gasteiger partial charge in [0, 0.05) is 17.1 Å². The molecule has 0 heterocycles. The second-order valence-electron chi connectivity index (χ2n) is 8.25. The number of carbonyl (C=O) groups is 2. The van der Waals surface area contributed by atoms with Gasteiger partial charge in [-0.15, -0.1) is 0 Å². The molecule has 0 aliphatic carbocycles.